The molecule has 0 radical (unpaired) electrons. The molecule has 0 aliphatic carbocycles. The van der Waals surface area contributed by atoms with Gasteiger partial charge in [0.2, 0.25) is 5.91 Å². The van der Waals surface area contributed by atoms with E-state index in [1.807, 2.05) is 0 Å². The van der Waals surface area contributed by atoms with Gasteiger partial charge in [-0.3, -0.25) is 14.4 Å². The summed E-state index contributed by atoms with van der Waals surface area (Å²) in [6, 6.07) is 3.32. The molecule has 136 valence electrons. The maximum absolute atomic E-state index is 12.6. The summed E-state index contributed by atoms with van der Waals surface area (Å²) in [5.41, 5.74) is -0.704. The molecule has 0 aromatic carbocycles. The fourth-order valence-electron chi connectivity index (χ4n) is 3.95. The van der Waals surface area contributed by atoms with Crippen molar-refractivity contribution >= 4 is 17.8 Å². The molecule has 0 bridgehead atoms. The van der Waals surface area contributed by atoms with Crippen molar-refractivity contribution in [2.45, 2.75) is 31.4 Å². The van der Waals surface area contributed by atoms with Gasteiger partial charge in [0, 0.05) is 33.7 Å². The SMILES string of the molecule is COCc1ccc(C(=O)N2CCC3(CC2)[C@@H](C(=O)O)CC(=O)N3C)o1. The van der Waals surface area contributed by atoms with Gasteiger partial charge in [0.05, 0.1) is 11.5 Å². The van der Waals surface area contributed by atoms with Crippen LogP contribution in [0.25, 0.3) is 0 Å². The number of carboxylic acids is 1. The zero-order valence-electron chi connectivity index (χ0n) is 14.4. The molecule has 1 atom stereocenters. The van der Waals surface area contributed by atoms with E-state index in [1.165, 1.54) is 0 Å². The monoisotopic (exact) mass is 350 g/mol. The lowest BCUT2D eigenvalue weighted by atomic mass is 9.77. The zero-order valence-corrected chi connectivity index (χ0v) is 14.4. The molecular formula is C17H22N2O6. The Morgan fingerprint density at radius 3 is 2.64 bits per heavy atom. The summed E-state index contributed by atoms with van der Waals surface area (Å²) in [6.45, 7) is 1.07. The van der Waals surface area contributed by atoms with Gasteiger partial charge in [-0.05, 0) is 25.0 Å². The number of rotatable bonds is 4. The van der Waals surface area contributed by atoms with Crippen molar-refractivity contribution < 1.29 is 28.6 Å². The molecule has 1 spiro atoms. The Hall–Kier alpha value is -2.35. The number of amides is 2. The van der Waals surface area contributed by atoms with E-state index in [-0.39, 0.29) is 24.0 Å². The highest BCUT2D eigenvalue weighted by Crippen LogP contribution is 2.43. The summed E-state index contributed by atoms with van der Waals surface area (Å²) in [7, 11) is 3.21. The third-order valence-electron chi connectivity index (χ3n) is 5.44. The highest BCUT2D eigenvalue weighted by Gasteiger charge is 2.55. The van der Waals surface area contributed by atoms with E-state index in [0.29, 0.717) is 38.3 Å². The van der Waals surface area contributed by atoms with Crippen LogP contribution in [-0.4, -0.2) is 65.5 Å². The largest absolute Gasteiger partial charge is 0.481 e. The normalized spacial score (nSPS) is 22.6. The Labute approximate surface area is 145 Å². The van der Waals surface area contributed by atoms with E-state index in [9.17, 15) is 19.5 Å². The molecule has 25 heavy (non-hydrogen) atoms. The molecule has 1 aromatic heterocycles. The van der Waals surface area contributed by atoms with Crippen molar-refractivity contribution in [1.82, 2.24) is 9.80 Å². The van der Waals surface area contributed by atoms with Crippen molar-refractivity contribution in [3.05, 3.63) is 23.7 Å². The van der Waals surface area contributed by atoms with Gasteiger partial charge < -0.3 is 24.1 Å². The van der Waals surface area contributed by atoms with Crippen LogP contribution < -0.4 is 0 Å². The van der Waals surface area contributed by atoms with Crippen LogP contribution >= 0.6 is 0 Å². The Kier molecular flexibility index (Phi) is 4.55. The number of methoxy groups -OCH3 is 1. The van der Waals surface area contributed by atoms with E-state index in [1.54, 1.807) is 36.1 Å². The maximum atomic E-state index is 12.6. The molecule has 2 saturated heterocycles. The number of carbonyl (C=O) groups excluding carboxylic acids is 2. The molecule has 1 N–H and O–H groups in total. The number of hydrogen-bond acceptors (Lipinski definition) is 5. The first kappa shape index (κ1) is 17.5. The number of carbonyl (C=O) groups is 3. The Bertz CT molecular complexity index is 689. The minimum atomic E-state index is -0.951. The zero-order chi connectivity index (χ0) is 18.2. The molecule has 2 fully saturated rings. The summed E-state index contributed by atoms with van der Waals surface area (Å²) in [6.07, 6.45) is 0.922. The summed E-state index contributed by atoms with van der Waals surface area (Å²) < 4.78 is 10.5. The first-order valence-corrected chi connectivity index (χ1v) is 8.25. The van der Waals surface area contributed by atoms with Crippen molar-refractivity contribution in [2.75, 3.05) is 27.2 Å². The number of aliphatic carboxylic acids is 1. The van der Waals surface area contributed by atoms with E-state index >= 15 is 0 Å². The van der Waals surface area contributed by atoms with Crippen molar-refractivity contribution in [3.8, 4) is 0 Å². The second-order valence-electron chi connectivity index (χ2n) is 6.64. The molecule has 2 aliphatic rings. The first-order chi connectivity index (χ1) is 11.9. The van der Waals surface area contributed by atoms with E-state index in [2.05, 4.69) is 0 Å². The quantitative estimate of drug-likeness (QED) is 0.868. The van der Waals surface area contributed by atoms with Gasteiger partial charge in [-0.25, -0.2) is 0 Å². The lowest BCUT2D eigenvalue weighted by Gasteiger charge is -2.45. The van der Waals surface area contributed by atoms with Gasteiger partial charge in [-0.1, -0.05) is 0 Å². The average Bonchev–Trinajstić information content (AvgIpc) is 3.15. The highest BCUT2D eigenvalue weighted by atomic mass is 16.5. The number of hydrogen-bond donors (Lipinski definition) is 1. The smallest absolute Gasteiger partial charge is 0.309 e. The minimum absolute atomic E-state index is 0.0261. The number of ether oxygens (including phenoxy) is 1. The number of likely N-dealkylation sites (tertiary alicyclic amines) is 2. The summed E-state index contributed by atoms with van der Waals surface area (Å²) in [5.74, 6) is -1.23. The van der Waals surface area contributed by atoms with E-state index in [4.69, 9.17) is 9.15 Å². The Morgan fingerprint density at radius 2 is 2.04 bits per heavy atom. The molecule has 0 unspecified atom stereocenters. The van der Waals surface area contributed by atoms with Gasteiger partial charge in [-0.2, -0.15) is 0 Å². The highest BCUT2D eigenvalue weighted by molar-refractivity contribution is 5.92. The fraction of sp³-hybridized carbons (Fsp3) is 0.588. The lowest BCUT2D eigenvalue weighted by molar-refractivity contribution is -0.145. The summed E-state index contributed by atoms with van der Waals surface area (Å²) in [5, 5.41) is 9.49. The number of nitrogens with zero attached hydrogens (tertiary/aromatic N) is 2. The fourth-order valence-corrected chi connectivity index (χ4v) is 3.95. The van der Waals surface area contributed by atoms with Crippen LogP contribution in [0.4, 0.5) is 0 Å². The average molecular weight is 350 g/mol. The molecule has 2 amide bonds. The van der Waals surface area contributed by atoms with E-state index in [0.717, 1.165) is 0 Å². The van der Waals surface area contributed by atoms with Crippen molar-refractivity contribution in [2.24, 2.45) is 5.92 Å². The van der Waals surface area contributed by atoms with Gasteiger partial charge in [-0.15, -0.1) is 0 Å². The van der Waals surface area contributed by atoms with Gasteiger partial charge in [0.1, 0.15) is 12.4 Å². The van der Waals surface area contributed by atoms with Crippen molar-refractivity contribution in [1.29, 1.82) is 0 Å². The van der Waals surface area contributed by atoms with Crippen LogP contribution in [0, 0.1) is 5.92 Å². The Balaban J connectivity index is 1.71. The number of carboxylic acid groups (broad SMARTS) is 1. The van der Waals surface area contributed by atoms with Crippen LogP contribution in [0.1, 0.15) is 35.6 Å². The molecule has 2 aliphatic heterocycles. The van der Waals surface area contributed by atoms with E-state index < -0.39 is 17.4 Å². The molecular weight excluding hydrogens is 328 g/mol. The second kappa shape index (κ2) is 6.51. The molecule has 3 heterocycles. The number of piperidine rings is 1. The third-order valence-corrected chi connectivity index (χ3v) is 5.44. The van der Waals surface area contributed by atoms with Gasteiger partial charge in [0.25, 0.3) is 5.91 Å². The van der Waals surface area contributed by atoms with Crippen LogP contribution in [0.3, 0.4) is 0 Å². The minimum Gasteiger partial charge on any atom is -0.481 e. The van der Waals surface area contributed by atoms with Crippen LogP contribution in [0.15, 0.2) is 16.5 Å². The molecule has 0 saturated carbocycles. The van der Waals surface area contributed by atoms with Crippen molar-refractivity contribution in [3.63, 3.8) is 0 Å². The standard InChI is InChI=1S/C17H22N2O6/c1-18-14(20)9-12(16(22)23)17(18)5-7-19(8-6-17)15(21)13-4-3-11(25-13)10-24-2/h3-4,12H,5-10H2,1-2H3,(H,22,23)/t12-/m1/s1. The summed E-state index contributed by atoms with van der Waals surface area (Å²) in [4.78, 5) is 39.4. The van der Waals surface area contributed by atoms with Gasteiger partial charge in [0.15, 0.2) is 5.76 Å². The molecule has 8 nitrogen and oxygen atoms in total. The third kappa shape index (κ3) is 2.90. The first-order valence-electron chi connectivity index (χ1n) is 8.25. The topological polar surface area (TPSA) is 100 Å². The predicted octanol–water partition coefficient (Wildman–Crippen LogP) is 0.964. The lowest BCUT2D eigenvalue weighted by Crippen LogP contribution is -2.56. The van der Waals surface area contributed by atoms with Crippen LogP contribution in [0.5, 0.6) is 0 Å². The number of furan rings is 1. The molecule has 1 aromatic rings. The summed E-state index contributed by atoms with van der Waals surface area (Å²) >= 11 is 0. The maximum Gasteiger partial charge on any atom is 0.309 e. The Morgan fingerprint density at radius 1 is 1.36 bits per heavy atom. The second-order valence-corrected chi connectivity index (χ2v) is 6.64. The predicted molar refractivity (Wildman–Crippen MR) is 85.8 cm³/mol. The van der Waals surface area contributed by atoms with Crippen LogP contribution in [0.2, 0.25) is 0 Å². The molecule has 8 heteroatoms. The van der Waals surface area contributed by atoms with Gasteiger partial charge >= 0.3 is 5.97 Å². The van der Waals surface area contributed by atoms with Crippen LogP contribution in [-0.2, 0) is 20.9 Å². The molecule has 3 rings (SSSR count).